The number of anilines is 3. The molecule has 4 rings (SSSR count). The molecule has 0 bridgehead atoms. The molecule has 184 valence electrons. The second kappa shape index (κ2) is 10.4. The first-order valence-electron chi connectivity index (χ1n) is 11.1. The minimum Gasteiger partial charge on any atom is -0.491 e. The van der Waals surface area contributed by atoms with Gasteiger partial charge < -0.3 is 15.4 Å². The van der Waals surface area contributed by atoms with Crippen LogP contribution in [0.1, 0.15) is 29.8 Å². The minimum atomic E-state index is -0.659. The number of aryl methyl sites for hydroxylation is 1. The van der Waals surface area contributed by atoms with Crippen LogP contribution in [0.5, 0.6) is 5.75 Å². The molecule has 1 aliphatic rings. The van der Waals surface area contributed by atoms with Crippen molar-refractivity contribution in [1.82, 2.24) is 0 Å². The third kappa shape index (κ3) is 5.37. The van der Waals surface area contributed by atoms with E-state index >= 15 is 0 Å². The second-order valence-electron chi connectivity index (χ2n) is 8.42. The summed E-state index contributed by atoms with van der Waals surface area (Å²) in [5.41, 5.74) is 2.32. The summed E-state index contributed by atoms with van der Waals surface area (Å²) in [7, 11) is 0. The number of nitrogens with one attached hydrogen (secondary N) is 2. The highest BCUT2D eigenvalue weighted by molar-refractivity contribution is 6.53. The van der Waals surface area contributed by atoms with Crippen LogP contribution in [0.4, 0.5) is 17.1 Å². The first kappa shape index (κ1) is 25.3. The van der Waals surface area contributed by atoms with E-state index in [0.717, 1.165) is 4.90 Å². The Kier molecular flexibility index (Phi) is 7.33. The summed E-state index contributed by atoms with van der Waals surface area (Å²) in [5.74, 6) is -0.916. The van der Waals surface area contributed by atoms with E-state index in [2.05, 4.69) is 10.6 Å². The van der Waals surface area contributed by atoms with E-state index in [4.69, 9.17) is 27.9 Å². The summed E-state index contributed by atoms with van der Waals surface area (Å²) in [6.45, 7) is 5.63. The van der Waals surface area contributed by atoms with Gasteiger partial charge in [0.15, 0.2) is 0 Å². The quantitative estimate of drug-likeness (QED) is 0.364. The maximum Gasteiger partial charge on any atom is 0.283 e. The number of imide groups is 1. The van der Waals surface area contributed by atoms with Crippen molar-refractivity contribution in [3.05, 3.63) is 93.6 Å². The highest BCUT2D eigenvalue weighted by atomic mass is 35.5. The molecular formula is C27H23Cl2N3O4. The monoisotopic (exact) mass is 523 g/mol. The maximum atomic E-state index is 13.1. The van der Waals surface area contributed by atoms with E-state index in [0.29, 0.717) is 39.0 Å². The lowest BCUT2D eigenvalue weighted by atomic mass is 10.1. The van der Waals surface area contributed by atoms with Gasteiger partial charge in [-0.25, -0.2) is 4.90 Å². The standard InChI is InChI=1S/C27H23Cl2N3O4/c1-15(2)36-21-11-9-19(10-12-21)31-25(33)17-5-4-6-20(13-17)30-24-23(29)26(34)32(27(24)35)22-14-18(28)8-7-16(22)3/h4-15,30H,1-3H3,(H,31,33). The van der Waals surface area contributed by atoms with E-state index < -0.39 is 11.8 Å². The Hall–Kier alpha value is -3.81. The predicted octanol–water partition coefficient (Wildman–Crippen LogP) is 6.12. The van der Waals surface area contributed by atoms with Gasteiger partial charge in [-0.15, -0.1) is 0 Å². The van der Waals surface area contributed by atoms with Gasteiger partial charge in [0.25, 0.3) is 17.7 Å². The van der Waals surface area contributed by atoms with Crippen molar-refractivity contribution in [2.24, 2.45) is 0 Å². The van der Waals surface area contributed by atoms with E-state index in [9.17, 15) is 14.4 Å². The molecule has 0 aromatic heterocycles. The number of hydrogen-bond donors (Lipinski definition) is 2. The molecule has 0 radical (unpaired) electrons. The smallest absolute Gasteiger partial charge is 0.283 e. The van der Waals surface area contributed by atoms with Gasteiger partial charge in [0, 0.05) is 22.0 Å². The molecule has 3 aromatic carbocycles. The van der Waals surface area contributed by atoms with Crippen LogP contribution in [0.2, 0.25) is 5.02 Å². The Labute approximate surface area is 218 Å². The van der Waals surface area contributed by atoms with E-state index in [1.165, 1.54) is 6.07 Å². The van der Waals surface area contributed by atoms with Crippen LogP contribution in [-0.2, 0) is 9.59 Å². The third-order valence-electron chi connectivity index (χ3n) is 5.32. The van der Waals surface area contributed by atoms with E-state index in [-0.39, 0.29) is 22.7 Å². The molecule has 3 amide bonds. The Morgan fingerprint density at radius 3 is 2.33 bits per heavy atom. The molecule has 0 fully saturated rings. The Morgan fingerprint density at radius 2 is 1.64 bits per heavy atom. The molecular weight excluding hydrogens is 501 g/mol. The van der Waals surface area contributed by atoms with Crippen molar-refractivity contribution in [2.45, 2.75) is 26.9 Å². The van der Waals surface area contributed by atoms with Crippen LogP contribution >= 0.6 is 23.2 Å². The number of carbonyl (C=O) groups is 3. The fourth-order valence-electron chi connectivity index (χ4n) is 3.63. The largest absolute Gasteiger partial charge is 0.491 e. The number of halogens is 2. The zero-order valence-corrected chi connectivity index (χ0v) is 21.3. The number of rotatable bonds is 7. The molecule has 1 heterocycles. The number of carbonyl (C=O) groups excluding carboxylic acids is 3. The van der Waals surface area contributed by atoms with Crippen molar-refractivity contribution in [2.75, 3.05) is 15.5 Å². The molecule has 0 spiro atoms. The van der Waals surface area contributed by atoms with Crippen molar-refractivity contribution in [3.63, 3.8) is 0 Å². The Bertz CT molecular complexity index is 1380. The van der Waals surface area contributed by atoms with Crippen molar-refractivity contribution < 1.29 is 19.1 Å². The summed E-state index contributed by atoms with van der Waals surface area (Å²) in [6, 6.07) is 18.5. The number of nitrogens with zero attached hydrogens (tertiary/aromatic N) is 1. The van der Waals surface area contributed by atoms with Gasteiger partial charge in [-0.1, -0.05) is 35.3 Å². The summed E-state index contributed by atoms with van der Waals surface area (Å²) < 4.78 is 5.61. The molecule has 7 nitrogen and oxygen atoms in total. The van der Waals surface area contributed by atoms with Gasteiger partial charge >= 0.3 is 0 Å². The highest BCUT2D eigenvalue weighted by Crippen LogP contribution is 2.33. The molecule has 1 aliphatic heterocycles. The van der Waals surface area contributed by atoms with Crippen molar-refractivity contribution in [3.8, 4) is 5.75 Å². The lowest BCUT2D eigenvalue weighted by Gasteiger charge is -2.18. The maximum absolute atomic E-state index is 13.1. The fraction of sp³-hybridized carbons (Fsp3) is 0.148. The fourth-order valence-corrected chi connectivity index (χ4v) is 4.01. The molecule has 9 heteroatoms. The molecule has 0 atom stereocenters. The van der Waals surface area contributed by atoms with Crippen LogP contribution in [0.3, 0.4) is 0 Å². The highest BCUT2D eigenvalue weighted by Gasteiger charge is 2.39. The van der Waals surface area contributed by atoms with Gasteiger partial charge in [0.05, 0.1) is 11.8 Å². The van der Waals surface area contributed by atoms with Gasteiger partial charge in [-0.2, -0.15) is 0 Å². The van der Waals surface area contributed by atoms with Crippen molar-refractivity contribution in [1.29, 1.82) is 0 Å². The van der Waals surface area contributed by atoms with E-state index in [1.54, 1.807) is 67.6 Å². The molecule has 2 N–H and O–H groups in total. The van der Waals surface area contributed by atoms with E-state index in [1.807, 2.05) is 13.8 Å². The molecule has 3 aromatic rings. The molecule has 0 aliphatic carbocycles. The number of benzene rings is 3. The molecule has 0 saturated heterocycles. The summed E-state index contributed by atoms with van der Waals surface area (Å²) in [4.78, 5) is 39.7. The Balaban J connectivity index is 1.50. The van der Waals surface area contributed by atoms with Gasteiger partial charge in [-0.05, 0) is 80.9 Å². The van der Waals surface area contributed by atoms with Crippen LogP contribution < -0.4 is 20.3 Å². The lowest BCUT2D eigenvalue weighted by molar-refractivity contribution is -0.120. The van der Waals surface area contributed by atoms with Crippen LogP contribution in [0, 0.1) is 6.92 Å². The van der Waals surface area contributed by atoms with Crippen LogP contribution in [0.15, 0.2) is 77.5 Å². The number of amides is 3. The Morgan fingerprint density at radius 1 is 0.917 bits per heavy atom. The summed E-state index contributed by atoms with van der Waals surface area (Å²) >= 11 is 12.3. The number of ether oxygens (including phenoxy) is 1. The average molecular weight is 524 g/mol. The summed E-state index contributed by atoms with van der Waals surface area (Å²) in [6.07, 6.45) is 0.0490. The first-order valence-corrected chi connectivity index (χ1v) is 11.9. The van der Waals surface area contributed by atoms with Gasteiger partial charge in [-0.3, -0.25) is 14.4 Å². The van der Waals surface area contributed by atoms with Crippen LogP contribution in [-0.4, -0.2) is 23.8 Å². The van der Waals surface area contributed by atoms with Gasteiger partial charge in [0.2, 0.25) is 0 Å². The van der Waals surface area contributed by atoms with Crippen LogP contribution in [0.25, 0.3) is 0 Å². The number of hydrogen-bond acceptors (Lipinski definition) is 5. The minimum absolute atomic E-state index is 0.0490. The molecule has 0 saturated carbocycles. The first-order chi connectivity index (χ1) is 17.1. The second-order valence-corrected chi connectivity index (χ2v) is 9.23. The zero-order valence-electron chi connectivity index (χ0n) is 19.8. The topological polar surface area (TPSA) is 87.7 Å². The third-order valence-corrected chi connectivity index (χ3v) is 5.90. The SMILES string of the molecule is Cc1ccc(Cl)cc1N1C(=O)C(Cl)=C(Nc2cccc(C(=O)Nc3ccc(OC(C)C)cc3)c2)C1=O. The lowest BCUT2D eigenvalue weighted by Crippen LogP contribution is -2.32. The zero-order chi connectivity index (χ0) is 26.0. The predicted molar refractivity (Wildman–Crippen MR) is 142 cm³/mol. The summed E-state index contributed by atoms with van der Waals surface area (Å²) in [5, 5.41) is 5.85. The average Bonchev–Trinajstić information content (AvgIpc) is 3.05. The van der Waals surface area contributed by atoms with Crippen molar-refractivity contribution >= 4 is 58.0 Å². The van der Waals surface area contributed by atoms with Gasteiger partial charge in [0.1, 0.15) is 16.5 Å². The molecule has 36 heavy (non-hydrogen) atoms. The normalized spacial score (nSPS) is 13.4. The molecule has 0 unspecified atom stereocenters.